The number of fused-ring (bicyclic) bond motifs is 1. The molecule has 0 unspecified atom stereocenters. The molecule has 0 radical (unpaired) electrons. The fraction of sp³-hybridized carbons (Fsp3) is 0.438. The average Bonchev–Trinajstić information content (AvgIpc) is 2.85. The molecular formula is C16H24N4. The molecule has 1 aromatic carbocycles. The minimum atomic E-state index is 0.645. The van der Waals surface area contributed by atoms with Gasteiger partial charge < -0.3 is 15.6 Å². The lowest BCUT2D eigenvalue weighted by Gasteiger charge is -2.19. The highest BCUT2D eigenvalue weighted by Crippen LogP contribution is 2.22. The van der Waals surface area contributed by atoms with Crippen molar-refractivity contribution in [3.8, 4) is 0 Å². The van der Waals surface area contributed by atoms with Crippen LogP contribution >= 0.6 is 0 Å². The van der Waals surface area contributed by atoms with Crippen molar-refractivity contribution in [1.29, 1.82) is 0 Å². The lowest BCUT2D eigenvalue weighted by molar-refractivity contribution is 0.458. The molecule has 1 aromatic heterocycles. The number of aryl methyl sites for hydroxylation is 1. The van der Waals surface area contributed by atoms with Crippen LogP contribution in [0.25, 0.3) is 10.9 Å². The summed E-state index contributed by atoms with van der Waals surface area (Å²) in [6.07, 6.45) is 2.99. The van der Waals surface area contributed by atoms with E-state index in [2.05, 4.69) is 60.0 Å². The van der Waals surface area contributed by atoms with E-state index in [4.69, 9.17) is 5.73 Å². The van der Waals surface area contributed by atoms with E-state index in [1.807, 2.05) is 0 Å². The average molecular weight is 272 g/mol. The van der Waals surface area contributed by atoms with Gasteiger partial charge in [0.05, 0.1) is 0 Å². The first-order valence-corrected chi connectivity index (χ1v) is 7.27. The van der Waals surface area contributed by atoms with Gasteiger partial charge in [0, 0.05) is 36.7 Å². The molecule has 4 nitrogen and oxygen atoms in total. The van der Waals surface area contributed by atoms with Crippen LogP contribution in [0.4, 0.5) is 0 Å². The van der Waals surface area contributed by atoms with E-state index in [1.165, 1.54) is 22.0 Å². The molecule has 0 atom stereocenters. The first-order chi connectivity index (χ1) is 9.67. The molecule has 2 aromatic rings. The van der Waals surface area contributed by atoms with Crippen molar-refractivity contribution in [3.05, 3.63) is 35.5 Å². The molecule has 0 fully saturated rings. The molecule has 0 saturated carbocycles. The molecule has 0 aliphatic rings. The Hall–Kier alpha value is -1.97. The van der Waals surface area contributed by atoms with Gasteiger partial charge in [-0.2, -0.15) is 0 Å². The number of rotatable bonds is 5. The van der Waals surface area contributed by atoms with E-state index >= 15 is 0 Å². The number of aromatic amines is 1. The molecule has 0 aliphatic heterocycles. The fourth-order valence-corrected chi connectivity index (χ4v) is 2.59. The van der Waals surface area contributed by atoms with Crippen LogP contribution in [0.1, 0.15) is 25.0 Å². The first kappa shape index (κ1) is 14.4. The van der Waals surface area contributed by atoms with E-state index in [9.17, 15) is 0 Å². The highest BCUT2D eigenvalue weighted by Gasteiger charge is 2.06. The van der Waals surface area contributed by atoms with Gasteiger partial charge in [-0.3, -0.25) is 4.99 Å². The highest BCUT2D eigenvalue weighted by atomic mass is 15.2. The van der Waals surface area contributed by atoms with E-state index < -0.39 is 0 Å². The van der Waals surface area contributed by atoms with Crippen LogP contribution in [0, 0.1) is 6.92 Å². The Bertz CT molecular complexity index is 594. The van der Waals surface area contributed by atoms with Crippen molar-refractivity contribution in [1.82, 2.24) is 9.88 Å². The fourth-order valence-electron chi connectivity index (χ4n) is 2.59. The summed E-state index contributed by atoms with van der Waals surface area (Å²) >= 11 is 0. The number of hydrogen-bond donors (Lipinski definition) is 2. The summed E-state index contributed by atoms with van der Waals surface area (Å²) in [7, 11) is 0. The van der Waals surface area contributed by atoms with Gasteiger partial charge in [0.25, 0.3) is 0 Å². The molecule has 3 N–H and O–H groups in total. The molecule has 0 spiro atoms. The zero-order valence-electron chi connectivity index (χ0n) is 12.6. The van der Waals surface area contributed by atoms with Crippen molar-refractivity contribution in [2.45, 2.75) is 27.2 Å². The SMILES string of the molecule is CCN(CC)C(N)=NCCc1c[nH]c2cccc(C)c12. The van der Waals surface area contributed by atoms with Crippen molar-refractivity contribution in [2.24, 2.45) is 10.7 Å². The van der Waals surface area contributed by atoms with E-state index in [0.717, 1.165) is 26.1 Å². The number of nitrogens with two attached hydrogens (primary N) is 1. The predicted molar refractivity (Wildman–Crippen MR) is 86.2 cm³/mol. The molecule has 20 heavy (non-hydrogen) atoms. The molecule has 0 saturated heterocycles. The lowest BCUT2D eigenvalue weighted by atomic mass is 10.1. The molecule has 108 valence electrons. The van der Waals surface area contributed by atoms with Crippen molar-refractivity contribution >= 4 is 16.9 Å². The Kier molecular flexibility index (Phi) is 4.66. The van der Waals surface area contributed by atoms with Gasteiger partial charge in [0.1, 0.15) is 0 Å². The number of guanidine groups is 1. The van der Waals surface area contributed by atoms with Crippen LogP contribution < -0.4 is 5.73 Å². The highest BCUT2D eigenvalue weighted by molar-refractivity contribution is 5.86. The number of nitrogens with one attached hydrogen (secondary N) is 1. The minimum Gasteiger partial charge on any atom is -0.370 e. The summed E-state index contributed by atoms with van der Waals surface area (Å²) in [5.41, 5.74) is 9.80. The third kappa shape index (κ3) is 2.95. The van der Waals surface area contributed by atoms with E-state index in [0.29, 0.717) is 5.96 Å². The zero-order chi connectivity index (χ0) is 14.5. The van der Waals surface area contributed by atoms with Crippen LogP contribution in [0.15, 0.2) is 29.4 Å². The summed E-state index contributed by atoms with van der Waals surface area (Å²) in [6, 6.07) is 6.33. The maximum absolute atomic E-state index is 5.99. The number of hydrogen-bond acceptors (Lipinski definition) is 1. The van der Waals surface area contributed by atoms with Gasteiger partial charge in [-0.15, -0.1) is 0 Å². The molecule has 0 amide bonds. The Morgan fingerprint density at radius 3 is 2.75 bits per heavy atom. The van der Waals surface area contributed by atoms with Gasteiger partial charge in [-0.05, 0) is 44.4 Å². The molecule has 4 heteroatoms. The summed E-state index contributed by atoms with van der Waals surface area (Å²) < 4.78 is 0. The lowest BCUT2D eigenvalue weighted by Crippen LogP contribution is -2.37. The molecular weight excluding hydrogens is 248 g/mol. The van der Waals surface area contributed by atoms with Crippen molar-refractivity contribution in [2.75, 3.05) is 19.6 Å². The van der Waals surface area contributed by atoms with Crippen molar-refractivity contribution in [3.63, 3.8) is 0 Å². The number of benzene rings is 1. The first-order valence-electron chi connectivity index (χ1n) is 7.27. The molecule has 0 bridgehead atoms. The standard InChI is InChI=1S/C16H24N4/c1-4-20(5-2)16(17)18-10-9-13-11-19-14-8-6-7-12(3)15(13)14/h6-8,11,19H,4-5,9-10H2,1-3H3,(H2,17,18). The molecule has 2 rings (SSSR count). The third-order valence-electron chi connectivity index (χ3n) is 3.74. The van der Waals surface area contributed by atoms with Crippen LogP contribution in [-0.4, -0.2) is 35.5 Å². The van der Waals surface area contributed by atoms with Crippen molar-refractivity contribution < 1.29 is 0 Å². The summed E-state index contributed by atoms with van der Waals surface area (Å²) in [5.74, 6) is 0.645. The summed E-state index contributed by atoms with van der Waals surface area (Å²) in [4.78, 5) is 9.88. The van der Waals surface area contributed by atoms with Gasteiger partial charge in [0.2, 0.25) is 0 Å². The summed E-state index contributed by atoms with van der Waals surface area (Å²) in [6.45, 7) is 8.86. The maximum Gasteiger partial charge on any atom is 0.191 e. The Morgan fingerprint density at radius 1 is 1.30 bits per heavy atom. The van der Waals surface area contributed by atoms with Crippen LogP contribution in [0.2, 0.25) is 0 Å². The number of aromatic nitrogens is 1. The monoisotopic (exact) mass is 272 g/mol. The van der Waals surface area contributed by atoms with Crippen LogP contribution in [-0.2, 0) is 6.42 Å². The predicted octanol–water partition coefficient (Wildman–Crippen LogP) is 2.68. The Labute approximate surface area is 120 Å². The van der Waals surface area contributed by atoms with E-state index in [-0.39, 0.29) is 0 Å². The second-order valence-electron chi connectivity index (χ2n) is 4.97. The second kappa shape index (κ2) is 6.46. The zero-order valence-corrected chi connectivity index (χ0v) is 12.6. The van der Waals surface area contributed by atoms with Crippen LogP contribution in [0.3, 0.4) is 0 Å². The molecule has 1 heterocycles. The van der Waals surface area contributed by atoms with Gasteiger partial charge in [0.15, 0.2) is 5.96 Å². The largest absolute Gasteiger partial charge is 0.370 e. The number of H-pyrrole nitrogens is 1. The Balaban J connectivity index is 2.08. The minimum absolute atomic E-state index is 0.645. The third-order valence-corrected chi connectivity index (χ3v) is 3.74. The van der Waals surface area contributed by atoms with Gasteiger partial charge in [-0.1, -0.05) is 12.1 Å². The van der Waals surface area contributed by atoms with E-state index in [1.54, 1.807) is 0 Å². The maximum atomic E-state index is 5.99. The van der Waals surface area contributed by atoms with Gasteiger partial charge in [-0.25, -0.2) is 0 Å². The van der Waals surface area contributed by atoms with Crippen LogP contribution in [0.5, 0.6) is 0 Å². The number of aliphatic imine (C=N–C) groups is 1. The van der Waals surface area contributed by atoms with Gasteiger partial charge >= 0.3 is 0 Å². The smallest absolute Gasteiger partial charge is 0.191 e. The molecule has 0 aliphatic carbocycles. The Morgan fingerprint density at radius 2 is 2.05 bits per heavy atom. The second-order valence-corrected chi connectivity index (χ2v) is 4.97. The quantitative estimate of drug-likeness (QED) is 0.649. The normalized spacial score (nSPS) is 12.1. The topological polar surface area (TPSA) is 57.4 Å². The summed E-state index contributed by atoms with van der Waals surface area (Å²) in [5, 5.41) is 1.32. The number of nitrogens with zero attached hydrogens (tertiary/aromatic N) is 2.